The number of morpholine rings is 1. The van der Waals surface area contributed by atoms with E-state index in [9.17, 15) is 13.2 Å². The lowest BCUT2D eigenvalue weighted by atomic mass is 9.89. The fourth-order valence-electron chi connectivity index (χ4n) is 3.91. The highest BCUT2D eigenvalue weighted by Crippen LogP contribution is 2.39. The molecule has 2 heterocycles. The van der Waals surface area contributed by atoms with E-state index in [4.69, 9.17) is 9.47 Å². The number of amides is 1. The molecule has 1 saturated heterocycles. The molecule has 0 aromatic heterocycles. The van der Waals surface area contributed by atoms with E-state index in [0.29, 0.717) is 38.3 Å². The highest BCUT2D eigenvalue weighted by Gasteiger charge is 2.34. The van der Waals surface area contributed by atoms with E-state index in [1.165, 1.54) is 16.4 Å². The molecule has 2 aliphatic rings. The Bertz CT molecular complexity index is 1040. The second-order valence-electron chi connectivity index (χ2n) is 8.17. The summed E-state index contributed by atoms with van der Waals surface area (Å²) in [7, 11) is -3.67. The van der Waals surface area contributed by atoms with Crippen LogP contribution in [0.25, 0.3) is 0 Å². The average molecular weight is 431 g/mol. The zero-order valence-corrected chi connectivity index (χ0v) is 17.9. The van der Waals surface area contributed by atoms with Crippen LogP contribution in [0, 0.1) is 0 Å². The predicted octanol–water partition coefficient (Wildman–Crippen LogP) is 2.74. The minimum absolute atomic E-state index is 0.116. The van der Waals surface area contributed by atoms with E-state index < -0.39 is 15.6 Å². The number of carbonyl (C=O) groups excluding carboxylic acids is 1. The molecule has 7 nitrogen and oxygen atoms in total. The van der Waals surface area contributed by atoms with Gasteiger partial charge < -0.3 is 14.8 Å². The van der Waals surface area contributed by atoms with Crippen molar-refractivity contribution < 1.29 is 22.7 Å². The first kappa shape index (κ1) is 20.8. The van der Waals surface area contributed by atoms with E-state index >= 15 is 0 Å². The van der Waals surface area contributed by atoms with Gasteiger partial charge in [0.1, 0.15) is 11.4 Å². The summed E-state index contributed by atoms with van der Waals surface area (Å²) in [5.74, 6) is 0.439. The first-order chi connectivity index (χ1) is 14.3. The van der Waals surface area contributed by atoms with Crippen molar-refractivity contribution in [3.8, 4) is 5.75 Å². The standard InChI is InChI=1S/C22H26N2O5S/c1-22(2)15-19(18-8-3-4-9-20(18)29-22)23-21(25)16-6-5-7-17(14-16)30(26,27)24-10-12-28-13-11-24/h3-9,14,19H,10-13,15H2,1-2H3,(H,23,25). The molecule has 2 aromatic carbocycles. The number of fused-ring (bicyclic) bond motifs is 1. The lowest BCUT2D eigenvalue weighted by Crippen LogP contribution is -2.41. The van der Waals surface area contributed by atoms with Crippen molar-refractivity contribution in [2.75, 3.05) is 26.3 Å². The largest absolute Gasteiger partial charge is 0.487 e. The third-order valence-corrected chi connectivity index (χ3v) is 7.28. The lowest BCUT2D eigenvalue weighted by molar-refractivity contribution is 0.0619. The van der Waals surface area contributed by atoms with Crippen LogP contribution in [-0.4, -0.2) is 50.5 Å². The molecule has 1 amide bonds. The summed E-state index contributed by atoms with van der Waals surface area (Å²) in [5.41, 5.74) is 0.807. The van der Waals surface area contributed by atoms with Crippen LogP contribution >= 0.6 is 0 Å². The molecule has 0 radical (unpaired) electrons. The number of hydrogen-bond donors (Lipinski definition) is 1. The van der Waals surface area contributed by atoms with Gasteiger partial charge in [0.05, 0.1) is 24.2 Å². The maximum atomic E-state index is 13.0. The number of benzene rings is 2. The topological polar surface area (TPSA) is 84.9 Å². The second kappa shape index (κ2) is 8.02. The number of para-hydroxylation sites is 1. The number of nitrogens with one attached hydrogen (secondary N) is 1. The van der Waals surface area contributed by atoms with Crippen molar-refractivity contribution in [3.63, 3.8) is 0 Å². The van der Waals surface area contributed by atoms with Gasteiger partial charge in [0, 0.05) is 30.6 Å². The fourth-order valence-corrected chi connectivity index (χ4v) is 5.36. The molecular weight excluding hydrogens is 404 g/mol. The molecule has 0 saturated carbocycles. The lowest BCUT2D eigenvalue weighted by Gasteiger charge is -2.37. The van der Waals surface area contributed by atoms with Crippen LogP contribution in [0.4, 0.5) is 0 Å². The molecule has 4 rings (SSSR count). The van der Waals surface area contributed by atoms with Crippen molar-refractivity contribution in [2.24, 2.45) is 0 Å². The van der Waals surface area contributed by atoms with Crippen LogP contribution in [0.5, 0.6) is 5.75 Å². The molecule has 1 atom stereocenters. The number of nitrogens with zero attached hydrogens (tertiary/aromatic N) is 1. The molecule has 30 heavy (non-hydrogen) atoms. The maximum absolute atomic E-state index is 13.0. The average Bonchev–Trinajstić information content (AvgIpc) is 2.73. The summed E-state index contributed by atoms with van der Waals surface area (Å²) in [6, 6.07) is 13.6. The van der Waals surface area contributed by atoms with Crippen LogP contribution in [0.15, 0.2) is 53.4 Å². The van der Waals surface area contributed by atoms with E-state index in [2.05, 4.69) is 5.32 Å². The molecule has 0 bridgehead atoms. The van der Waals surface area contributed by atoms with Crippen LogP contribution in [0.3, 0.4) is 0 Å². The van der Waals surface area contributed by atoms with E-state index in [1.54, 1.807) is 12.1 Å². The minimum Gasteiger partial charge on any atom is -0.487 e. The zero-order chi connectivity index (χ0) is 21.4. The Morgan fingerprint density at radius 1 is 1.10 bits per heavy atom. The van der Waals surface area contributed by atoms with Gasteiger partial charge >= 0.3 is 0 Å². The highest BCUT2D eigenvalue weighted by atomic mass is 32.2. The number of carbonyl (C=O) groups is 1. The van der Waals surface area contributed by atoms with Gasteiger partial charge in [-0.2, -0.15) is 4.31 Å². The molecule has 1 N–H and O–H groups in total. The van der Waals surface area contributed by atoms with Gasteiger partial charge in [0.2, 0.25) is 10.0 Å². The Balaban J connectivity index is 1.57. The fraction of sp³-hybridized carbons (Fsp3) is 0.409. The molecule has 2 aliphatic heterocycles. The molecule has 8 heteroatoms. The van der Waals surface area contributed by atoms with E-state index in [-0.39, 0.29) is 16.8 Å². The molecule has 2 aromatic rings. The molecular formula is C22H26N2O5S. The van der Waals surface area contributed by atoms with Gasteiger partial charge in [-0.1, -0.05) is 24.3 Å². The summed E-state index contributed by atoms with van der Waals surface area (Å²) in [6.45, 7) is 5.34. The Labute approximate surface area is 177 Å². The summed E-state index contributed by atoms with van der Waals surface area (Å²) in [6.07, 6.45) is 0.613. The number of ether oxygens (including phenoxy) is 2. The van der Waals surface area contributed by atoms with Crippen LogP contribution in [0.1, 0.15) is 42.2 Å². The Kier molecular flexibility index (Phi) is 5.57. The van der Waals surface area contributed by atoms with Crippen LogP contribution < -0.4 is 10.1 Å². The van der Waals surface area contributed by atoms with Crippen molar-refractivity contribution in [1.82, 2.24) is 9.62 Å². The van der Waals surface area contributed by atoms with Gasteiger partial charge in [-0.05, 0) is 38.1 Å². The maximum Gasteiger partial charge on any atom is 0.251 e. The molecule has 0 aliphatic carbocycles. The number of rotatable bonds is 4. The van der Waals surface area contributed by atoms with Gasteiger partial charge in [0.15, 0.2) is 0 Å². The smallest absolute Gasteiger partial charge is 0.251 e. The summed E-state index contributed by atoms with van der Waals surface area (Å²) in [5, 5.41) is 3.06. The normalized spacial score (nSPS) is 21.3. The third kappa shape index (κ3) is 4.21. The molecule has 1 fully saturated rings. The summed E-state index contributed by atoms with van der Waals surface area (Å²) < 4.78 is 38.5. The SMILES string of the molecule is CC1(C)CC(NC(=O)c2cccc(S(=O)(=O)N3CCOCC3)c2)c2ccccc2O1. The molecule has 160 valence electrons. The second-order valence-corrected chi connectivity index (χ2v) is 10.1. The Hall–Kier alpha value is -2.42. The summed E-state index contributed by atoms with van der Waals surface area (Å²) in [4.78, 5) is 13.1. The minimum atomic E-state index is -3.67. The van der Waals surface area contributed by atoms with Gasteiger partial charge in [-0.3, -0.25) is 4.79 Å². The molecule has 0 spiro atoms. The first-order valence-electron chi connectivity index (χ1n) is 10.0. The van der Waals surface area contributed by atoms with Gasteiger partial charge in [-0.15, -0.1) is 0 Å². The Morgan fingerprint density at radius 3 is 2.60 bits per heavy atom. The van der Waals surface area contributed by atoms with Crippen LogP contribution in [0.2, 0.25) is 0 Å². The monoisotopic (exact) mass is 430 g/mol. The Morgan fingerprint density at radius 2 is 1.83 bits per heavy atom. The number of hydrogen-bond acceptors (Lipinski definition) is 5. The summed E-state index contributed by atoms with van der Waals surface area (Å²) >= 11 is 0. The highest BCUT2D eigenvalue weighted by molar-refractivity contribution is 7.89. The predicted molar refractivity (Wildman–Crippen MR) is 112 cm³/mol. The van der Waals surface area contributed by atoms with Crippen molar-refractivity contribution in [3.05, 3.63) is 59.7 Å². The van der Waals surface area contributed by atoms with E-state index in [0.717, 1.165) is 11.3 Å². The third-order valence-electron chi connectivity index (χ3n) is 5.39. The van der Waals surface area contributed by atoms with Gasteiger partial charge in [-0.25, -0.2) is 8.42 Å². The van der Waals surface area contributed by atoms with Crippen LogP contribution in [-0.2, 0) is 14.8 Å². The van der Waals surface area contributed by atoms with Crippen molar-refractivity contribution >= 4 is 15.9 Å². The quantitative estimate of drug-likeness (QED) is 0.806. The van der Waals surface area contributed by atoms with Crippen molar-refractivity contribution in [2.45, 2.75) is 36.8 Å². The zero-order valence-electron chi connectivity index (χ0n) is 17.1. The van der Waals surface area contributed by atoms with Crippen molar-refractivity contribution in [1.29, 1.82) is 0 Å². The van der Waals surface area contributed by atoms with E-state index in [1.807, 2.05) is 38.1 Å². The van der Waals surface area contributed by atoms with Gasteiger partial charge in [0.25, 0.3) is 5.91 Å². The number of sulfonamides is 1. The molecule has 1 unspecified atom stereocenters. The first-order valence-corrected chi connectivity index (χ1v) is 11.5.